The number of ether oxygens (including phenoxy) is 2. The molecule has 0 radical (unpaired) electrons. The van der Waals surface area contributed by atoms with Gasteiger partial charge in [-0.25, -0.2) is 0 Å². The van der Waals surface area contributed by atoms with E-state index < -0.39 is 6.61 Å². The van der Waals surface area contributed by atoms with Crippen molar-refractivity contribution in [2.45, 2.75) is 19.5 Å². The fraction of sp³-hybridized carbons (Fsp3) is 0.312. The third kappa shape index (κ3) is 5.52. The summed E-state index contributed by atoms with van der Waals surface area (Å²) in [7, 11) is 1.39. The lowest BCUT2D eigenvalue weighted by atomic mass is 10.1. The molecule has 1 amide bonds. The van der Waals surface area contributed by atoms with Crippen molar-refractivity contribution in [3.8, 4) is 11.5 Å². The predicted octanol–water partition coefficient (Wildman–Crippen LogP) is 3.26. The first kappa shape index (κ1) is 17.2. The number of halogens is 2. The van der Waals surface area contributed by atoms with E-state index in [1.165, 1.54) is 24.5 Å². The molecule has 0 spiro atoms. The van der Waals surface area contributed by atoms with E-state index in [1.807, 2.05) is 17.5 Å². The summed E-state index contributed by atoms with van der Waals surface area (Å²) in [5, 5.41) is 4.76. The van der Waals surface area contributed by atoms with Gasteiger partial charge in [-0.3, -0.25) is 4.79 Å². The maximum absolute atomic E-state index is 12.3. The second-order valence-corrected chi connectivity index (χ2v) is 5.75. The van der Waals surface area contributed by atoms with Crippen LogP contribution in [-0.2, 0) is 17.6 Å². The predicted molar refractivity (Wildman–Crippen MR) is 84.4 cm³/mol. The Morgan fingerprint density at radius 3 is 2.78 bits per heavy atom. The highest BCUT2D eigenvalue weighted by atomic mass is 32.1. The molecule has 0 aliphatic heterocycles. The van der Waals surface area contributed by atoms with E-state index >= 15 is 0 Å². The van der Waals surface area contributed by atoms with Gasteiger partial charge in [0.1, 0.15) is 0 Å². The molecule has 1 heterocycles. The van der Waals surface area contributed by atoms with Crippen LogP contribution in [0.25, 0.3) is 0 Å². The van der Waals surface area contributed by atoms with Gasteiger partial charge in [0.2, 0.25) is 5.91 Å². The second-order valence-electron chi connectivity index (χ2n) is 4.72. The van der Waals surface area contributed by atoms with E-state index in [2.05, 4.69) is 10.1 Å². The van der Waals surface area contributed by atoms with Crippen LogP contribution in [0, 0.1) is 0 Å². The van der Waals surface area contributed by atoms with Crippen molar-refractivity contribution < 1.29 is 23.0 Å². The Kier molecular flexibility index (Phi) is 6.34. The number of hydrogen-bond donors (Lipinski definition) is 1. The average Bonchev–Trinajstić information content (AvgIpc) is 3.01. The Balaban J connectivity index is 1.84. The minimum atomic E-state index is -2.90. The van der Waals surface area contributed by atoms with Crippen LogP contribution in [0.15, 0.2) is 35.7 Å². The molecule has 4 nitrogen and oxygen atoms in total. The number of amides is 1. The van der Waals surface area contributed by atoms with Gasteiger partial charge in [0.05, 0.1) is 13.5 Å². The summed E-state index contributed by atoms with van der Waals surface area (Å²) in [5.41, 5.74) is 0.861. The fourth-order valence-electron chi connectivity index (χ4n) is 2.04. The van der Waals surface area contributed by atoms with Gasteiger partial charge < -0.3 is 14.8 Å². The third-order valence-electron chi connectivity index (χ3n) is 3.09. The molecule has 2 rings (SSSR count). The quantitative estimate of drug-likeness (QED) is 0.802. The topological polar surface area (TPSA) is 47.6 Å². The minimum absolute atomic E-state index is 0.00650. The average molecular weight is 341 g/mol. The molecule has 0 unspecified atom stereocenters. The van der Waals surface area contributed by atoms with Crippen LogP contribution in [0.2, 0.25) is 0 Å². The normalized spacial score (nSPS) is 10.6. The molecule has 0 bridgehead atoms. The number of benzene rings is 1. The molecular formula is C16H17F2NO3S. The standard InChI is InChI=1S/C16H17F2NO3S/c1-21-14-9-11(4-5-13(14)22-16(17)18)6-7-19-15(20)10-12-3-2-8-23-12/h2-5,8-9,16H,6-7,10H2,1H3,(H,19,20). The van der Waals surface area contributed by atoms with Crippen LogP contribution >= 0.6 is 11.3 Å². The molecule has 0 saturated carbocycles. The molecule has 7 heteroatoms. The Labute approximate surface area is 137 Å². The molecule has 23 heavy (non-hydrogen) atoms. The van der Waals surface area contributed by atoms with Gasteiger partial charge in [0.25, 0.3) is 0 Å². The number of rotatable bonds is 8. The van der Waals surface area contributed by atoms with Gasteiger partial charge >= 0.3 is 6.61 Å². The van der Waals surface area contributed by atoms with Crippen molar-refractivity contribution in [3.63, 3.8) is 0 Å². The summed E-state index contributed by atoms with van der Waals surface area (Å²) >= 11 is 1.54. The highest BCUT2D eigenvalue weighted by molar-refractivity contribution is 7.10. The number of thiophene rings is 1. The fourth-order valence-corrected chi connectivity index (χ4v) is 2.74. The molecule has 1 aromatic carbocycles. The number of alkyl halides is 2. The smallest absolute Gasteiger partial charge is 0.387 e. The zero-order valence-electron chi connectivity index (χ0n) is 12.6. The first-order chi connectivity index (χ1) is 11.1. The lowest BCUT2D eigenvalue weighted by molar-refractivity contribution is -0.120. The number of nitrogens with one attached hydrogen (secondary N) is 1. The summed E-state index contributed by atoms with van der Waals surface area (Å²) in [5.74, 6) is 0.192. The maximum atomic E-state index is 12.3. The largest absolute Gasteiger partial charge is 0.493 e. The summed E-state index contributed by atoms with van der Waals surface area (Å²) < 4.78 is 33.9. The molecule has 1 N–H and O–H groups in total. The van der Waals surface area contributed by atoms with Crippen LogP contribution in [0.1, 0.15) is 10.4 Å². The zero-order chi connectivity index (χ0) is 16.7. The van der Waals surface area contributed by atoms with Crippen LogP contribution in [-0.4, -0.2) is 26.2 Å². The Morgan fingerprint density at radius 1 is 1.30 bits per heavy atom. The first-order valence-electron chi connectivity index (χ1n) is 6.99. The van der Waals surface area contributed by atoms with Gasteiger partial charge in [0.15, 0.2) is 11.5 Å². The zero-order valence-corrected chi connectivity index (χ0v) is 13.4. The minimum Gasteiger partial charge on any atom is -0.493 e. The first-order valence-corrected chi connectivity index (χ1v) is 7.87. The lowest BCUT2D eigenvalue weighted by Crippen LogP contribution is -2.26. The van der Waals surface area contributed by atoms with Crippen LogP contribution in [0.5, 0.6) is 11.5 Å². The van der Waals surface area contributed by atoms with Crippen molar-refractivity contribution in [1.29, 1.82) is 0 Å². The number of methoxy groups -OCH3 is 1. The molecule has 0 saturated heterocycles. The van der Waals surface area contributed by atoms with Crippen molar-refractivity contribution >= 4 is 17.2 Å². The monoisotopic (exact) mass is 341 g/mol. The van der Waals surface area contributed by atoms with Gasteiger partial charge in [0, 0.05) is 11.4 Å². The van der Waals surface area contributed by atoms with Crippen molar-refractivity contribution in [2.24, 2.45) is 0 Å². The molecular weight excluding hydrogens is 324 g/mol. The Hall–Kier alpha value is -2.15. The molecule has 0 aliphatic carbocycles. The summed E-state index contributed by atoms with van der Waals surface area (Å²) in [6, 6.07) is 8.56. The van der Waals surface area contributed by atoms with Crippen LogP contribution in [0.3, 0.4) is 0 Å². The van der Waals surface area contributed by atoms with E-state index in [0.717, 1.165) is 10.4 Å². The number of carbonyl (C=O) groups excluding carboxylic acids is 1. The summed E-state index contributed by atoms with van der Waals surface area (Å²) in [4.78, 5) is 12.8. The third-order valence-corrected chi connectivity index (χ3v) is 3.97. The van der Waals surface area contributed by atoms with Gasteiger partial charge in [-0.2, -0.15) is 8.78 Å². The van der Waals surface area contributed by atoms with Crippen molar-refractivity contribution in [1.82, 2.24) is 5.32 Å². The lowest BCUT2D eigenvalue weighted by Gasteiger charge is -2.11. The van der Waals surface area contributed by atoms with Gasteiger partial charge in [-0.15, -0.1) is 11.3 Å². The number of hydrogen-bond acceptors (Lipinski definition) is 4. The van der Waals surface area contributed by atoms with E-state index in [0.29, 0.717) is 19.4 Å². The van der Waals surface area contributed by atoms with Crippen molar-refractivity contribution in [3.05, 3.63) is 46.2 Å². The highest BCUT2D eigenvalue weighted by Crippen LogP contribution is 2.29. The second kappa shape index (κ2) is 8.47. The van der Waals surface area contributed by atoms with E-state index in [4.69, 9.17) is 4.74 Å². The molecule has 0 fully saturated rings. The van der Waals surface area contributed by atoms with E-state index in [1.54, 1.807) is 12.1 Å². The van der Waals surface area contributed by atoms with Crippen LogP contribution < -0.4 is 14.8 Å². The van der Waals surface area contributed by atoms with Gasteiger partial charge in [-0.05, 0) is 35.6 Å². The molecule has 1 aromatic heterocycles. The number of carbonyl (C=O) groups is 1. The van der Waals surface area contributed by atoms with E-state index in [9.17, 15) is 13.6 Å². The summed E-state index contributed by atoms with van der Waals surface area (Å²) in [6.45, 7) is -2.44. The maximum Gasteiger partial charge on any atom is 0.387 e. The van der Waals surface area contributed by atoms with Crippen LogP contribution in [0.4, 0.5) is 8.78 Å². The Morgan fingerprint density at radius 2 is 2.13 bits per heavy atom. The van der Waals surface area contributed by atoms with E-state index in [-0.39, 0.29) is 17.4 Å². The van der Waals surface area contributed by atoms with Gasteiger partial charge in [-0.1, -0.05) is 12.1 Å². The SMILES string of the molecule is COc1cc(CCNC(=O)Cc2cccs2)ccc1OC(F)F. The Bertz CT molecular complexity index is 632. The van der Waals surface area contributed by atoms with Crippen molar-refractivity contribution in [2.75, 3.05) is 13.7 Å². The molecule has 124 valence electrons. The highest BCUT2D eigenvalue weighted by Gasteiger charge is 2.11. The summed E-state index contributed by atoms with van der Waals surface area (Å²) in [6.07, 6.45) is 0.934. The molecule has 0 atom stereocenters. The molecule has 2 aromatic rings. The molecule has 0 aliphatic rings.